The maximum Gasteiger partial charge on any atom is 0.146 e. The number of rotatable bonds is 2. The Balaban J connectivity index is 0.00000162. The lowest BCUT2D eigenvalue weighted by molar-refractivity contribution is 0.612. The van der Waals surface area contributed by atoms with Crippen LogP contribution in [0.15, 0.2) is 18.2 Å². The van der Waals surface area contributed by atoms with Crippen LogP contribution in [-0.4, -0.2) is 13.1 Å². The number of benzene rings is 1. The molecular weight excluding hydrogens is 251 g/mol. The minimum absolute atomic E-state index is 0. The molecule has 2 nitrogen and oxygen atoms in total. The normalized spacial score (nSPS) is 17.8. The van der Waals surface area contributed by atoms with Gasteiger partial charge in [-0.2, -0.15) is 0 Å². The molecule has 1 aromatic rings. The molecule has 102 valence electrons. The molecule has 1 unspecified atom stereocenters. The molecule has 1 atom stereocenters. The van der Waals surface area contributed by atoms with Gasteiger partial charge >= 0.3 is 0 Å². The quantitative estimate of drug-likeness (QED) is 0.890. The molecule has 2 rings (SSSR count). The Morgan fingerprint density at radius 3 is 2.28 bits per heavy atom. The van der Waals surface area contributed by atoms with Gasteiger partial charge in [0.05, 0.1) is 5.69 Å². The van der Waals surface area contributed by atoms with E-state index >= 15 is 0 Å². The largest absolute Gasteiger partial charge is 0.369 e. The lowest BCUT2D eigenvalue weighted by atomic mass is 10.1. The molecule has 0 aliphatic carbocycles. The summed E-state index contributed by atoms with van der Waals surface area (Å²) in [5.41, 5.74) is 7.35. The first-order valence-electron chi connectivity index (χ1n) is 6.48. The molecule has 1 heterocycles. The molecule has 1 aliphatic rings. The summed E-state index contributed by atoms with van der Waals surface area (Å²) in [7, 11) is 0. The van der Waals surface area contributed by atoms with Gasteiger partial charge in [0.25, 0.3) is 0 Å². The van der Waals surface area contributed by atoms with Crippen LogP contribution in [-0.2, 0) is 0 Å². The Hall–Kier alpha value is -0.800. The van der Waals surface area contributed by atoms with E-state index < -0.39 is 0 Å². The van der Waals surface area contributed by atoms with Gasteiger partial charge in [-0.05, 0) is 37.5 Å². The molecule has 0 bridgehead atoms. The third-order valence-electron chi connectivity index (χ3n) is 3.44. The Labute approximate surface area is 115 Å². The van der Waals surface area contributed by atoms with E-state index in [1.807, 2.05) is 19.1 Å². The highest BCUT2D eigenvalue weighted by Gasteiger charge is 2.14. The number of halogens is 2. The molecule has 1 aliphatic heterocycles. The summed E-state index contributed by atoms with van der Waals surface area (Å²) in [6.45, 7) is 3.81. The maximum absolute atomic E-state index is 14.0. The van der Waals surface area contributed by atoms with Crippen LogP contribution in [0.1, 0.15) is 44.2 Å². The van der Waals surface area contributed by atoms with Gasteiger partial charge in [-0.3, -0.25) is 0 Å². The van der Waals surface area contributed by atoms with E-state index in [4.69, 9.17) is 5.73 Å². The van der Waals surface area contributed by atoms with Crippen LogP contribution >= 0.6 is 12.4 Å². The Morgan fingerprint density at radius 1 is 1.17 bits per heavy atom. The first-order chi connectivity index (χ1) is 8.18. The van der Waals surface area contributed by atoms with Crippen molar-refractivity contribution in [2.75, 3.05) is 18.0 Å². The third-order valence-corrected chi connectivity index (χ3v) is 3.44. The molecule has 1 saturated heterocycles. The van der Waals surface area contributed by atoms with Gasteiger partial charge in [-0.25, -0.2) is 4.39 Å². The van der Waals surface area contributed by atoms with E-state index in [9.17, 15) is 4.39 Å². The third kappa shape index (κ3) is 3.59. The molecule has 4 heteroatoms. The summed E-state index contributed by atoms with van der Waals surface area (Å²) < 4.78 is 14.0. The Kier molecular flexibility index (Phi) is 5.89. The molecule has 0 amide bonds. The molecule has 0 radical (unpaired) electrons. The summed E-state index contributed by atoms with van der Waals surface area (Å²) in [5, 5.41) is 0. The Bertz CT molecular complexity index is 374. The van der Waals surface area contributed by atoms with Crippen molar-refractivity contribution in [3.63, 3.8) is 0 Å². The van der Waals surface area contributed by atoms with Crippen molar-refractivity contribution in [2.24, 2.45) is 5.73 Å². The van der Waals surface area contributed by atoms with Gasteiger partial charge in [0.1, 0.15) is 5.82 Å². The topological polar surface area (TPSA) is 29.3 Å². The highest BCUT2D eigenvalue weighted by molar-refractivity contribution is 5.85. The summed E-state index contributed by atoms with van der Waals surface area (Å²) in [4.78, 5) is 2.16. The van der Waals surface area contributed by atoms with E-state index in [-0.39, 0.29) is 24.3 Å². The second-order valence-electron chi connectivity index (χ2n) is 4.90. The van der Waals surface area contributed by atoms with Crippen LogP contribution in [0.2, 0.25) is 0 Å². The van der Waals surface area contributed by atoms with E-state index in [2.05, 4.69) is 4.90 Å². The van der Waals surface area contributed by atoms with Gasteiger partial charge in [-0.15, -0.1) is 12.4 Å². The standard InChI is InChI=1S/C14H21FN2.ClH/c1-11(16)12-6-7-14(13(15)10-12)17-8-4-2-3-5-9-17;/h6-7,10-11H,2-5,8-9,16H2,1H3;1H. The molecule has 0 spiro atoms. The van der Waals surface area contributed by atoms with E-state index in [0.29, 0.717) is 0 Å². The number of anilines is 1. The van der Waals surface area contributed by atoms with Gasteiger partial charge in [-0.1, -0.05) is 18.9 Å². The summed E-state index contributed by atoms with van der Waals surface area (Å²) in [6.07, 6.45) is 4.84. The zero-order chi connectivity index (χ0) is 12.3. The Morgan fingerprint density at radius 2 is 1.78 bits per heavy atom. The number of nitrogens with zero attached hydrogens (tertiary/aromatic N) is 1. The van der Waals surface area contributed by atoms with Crippen LogP contribution in [0.25, 0.3) is 0 Å². The molecule has 1 aromatic carbocycles. The van der Waals surface area contributed by atoms with Crippen molar-refractivity contribution < 1.29 is 4.39 Å². The first-order valence-corrected chi connectivity index (χ1v) is 6.48. The van der Waals surface area contributed by atoms with E-state index in [1.165, 1.54) is 12.8 Å². The van der Waals surface area contributed by atoms with Crippen molar-refractivity contribution in [2.45, 2.75) is 38.6 Å². The minimum atomic E-state index is -0.137. The molecular formula is C14H22ClFN2. The van der Waals surface area contributed by atoms with Crippen LogP contribution < -0.4 is 10.6 Å². The lowest BCUT2D eigenvalue weighted by Gasteiger charge is -2.23. The van der Waals surface area contributed by atoms with Crippen molar-refractivity contribution in [3.8, 4) is 0 Å². The molecule has 18 heavy (non-hydrogen) atoms. The molecule has 0 aromatic heterocycles. The van der Waals surface area contributed by atoms with Crippen molar-refractivity contribution in [1.82, 2.24) is 0 Å². The average molecular weight is 273 g/mol. The monoisotopic (exact) mass is 272 g/mol. The minimum Gasteiger partial charge on any atom is -0.369 e. The zero-order valence-electron chi connectivity index (χ0n) is 10.9. The summed E-state index contributed by atoms with van der Waals surface area (Å²) in [5.74, 6) is -0.137. The van der Waals surface area contributed by atoms with Gasteiger partial charge in [0.15, 0.2) is 0 Å². The van der Waals surface area contributed by atoms with Crippen LogP contribution in [0.4, 0.5) is 10.1 Å². The molecule has 1 fully saturated rings. The van der Waals surface area contributed by atoms with E-state index in [1.54, 1.807) is 6.07 Å². The summed E-state index contributed by atoms with van der Waals surface area (Å²) >= 11 is 0. The fourth-order valence-corrected chi connectivity index (χ4v) is 2.37. The second kappa shape index (κ2) is 6.95. The number of hydrogen-bond acceptors (Lipinski definition) is 2. The summed E-state index contributed by atoms with van der Waals surface area (Å²) in [6, 6.07) is 5.28. The lowest BCUT2D eigenvalue weighted by Crippen LogP contribution is -2.25. The van der Waals surface area contributed by atoms with Crippen molar-refractivity contribution >= 4 is 18.1 Å². The highest BCUT2D eigenvalue weighted by atomic mass is 35.5. The van der Waals surface area contributed by atoms with E-state index in [0.717, 1.165) is 37.2 Å². The second-order valence-corrected chi connectivity index (χ2v) is 4.90. The predicted octanol–water partition coefficient (Wildman–Crippen LogP) is 3.65. The highest BCUT2D eigenvalue weighted by Crippen LogP contribution is 2.25. The van der Waals surface area contributed by atoms with Crippen molar-refractivity contribution in [1.29, 1.82) is 0 Å². The number of nitrogens with two attached hydrogens (primary N) is 1. The number of hydrogen-bond donors (Lipinski definition) is 1. The van der Waals surface area contributed by atoms with Gasteiger partial charge < -0.3 is 10.6 Å². The van der Waals surface area contributed by atoms with Crippen molar-refractivity contribution in [3.05, 3.63) is 29.6 Å². The maximum atomic E-state index is 14.0. The zero-order valence-corrected chi connectivity index (χ0v) is 11.7. The van der Waals surface area contributed by atoms with Gasteiger partial charge in [0.2, 0.25) is 0 Å². The van der Waals surface area contributed by atoms with Crippen LogP contribution in [0.5, 0.6) is 0 Å². The SMILES string of the molecule is CC(N)c1ccc(N2CCCCCC2)c(F)c1.Cl. The fraction of sp³-hybridized carbons (Fsp3) is 0.571. The molecule has 2 N–H and O–H groups in total. The van der Waals surface area contributed by atoms with Gasteiger partial charge in [0, 0.05) is 19.1 Å². The first kappa shape index (κ1) is 15.3. The van der Waals surface area contributed by atoms with Crippen LogP contribution in [0, 0.1) is 5.82 Å². The predicted molar refractivity (Wildman–Crippen MR) is 76.9 cm³/mol. The van der Waals surface area contributed by atoms with Crippen LogP contribution in [0.3, 0.4) is 0 Å². The smallest absolute Gasteiger partial charge is 0.146 e. The fourth-order valence-electron chi connectivity index (χ4n) is 2.37. The average Bonchev–Trinajstić information content (AvgIpc) is 2.57. The molecule has 0 saturated carbocycles.